The van der Waals surface area contributed by atoms with Gasteiger partial charge in [0.25, 0.3) is 0 Å². The maximum atomic E-state index is 5.07. The second-order valence-corrected chi connectivity index (χ2v) is 7.61. The SMILES string of the molecule is CCC1CCc2nc(C3(CC(C)C)CCCC3)[nH]c2C1. The van der Waals surface area contributed by atoms with E-state index < -0.39 is 0 Å². The average Bonchev–Trinajstić information content (AvgIpc) is 3.03. The molecule has 1 atom stereocenters. The molecular weight excluding hydrogens is 244 g/mol. The third-order valence-corrected chi connectivity index (χ3v) is 5.59. The zero-order valence-corrected chi connectivity index (χ0v) is 13.5. The molecular formula is C18H30N2. The lowest BCUT2D eigenvalue weighted by Crippen LogP contribution is -2.26. The van der Waals surface area contributed by atoms with Gasteiger partial charge < -0.3 is 4.98 Å². The lowest BCUT2D eigenvalue weighted by molar-refractivity contribution is 0.330. The van der Waals surface area contributed by atoms with Crippen molar-refractivity contribution in [2.45, 2.75) is 84.0 Å². The van der Waals surface area contributed by atoms with Crippen LogP contribution in [0.15, 0.2) is 0 Å². The molecule has 1 N–H and O–H groups in total. The Morgan fingerprint density at radius 1 is 1.30 bits per heavy atom. The van der Waals surface area contributed by atoms with Crippen molar-refractivity contribution in [2.75, 3.05) is 0 Å². The Bertz CT molecular complexity index is 452. The Hall–Kier alpha value is -0.790. The number of aryl methyl sites for hydroxylation is 1. The number of nitrogens with one attached hydrogen (secondary N) is 1. The van der Waals surface area contributed by atoms with Crippen LogP contribution in [-0.2, 0) is 18.3 Å². The summed E-state index contributed by atoms with van der Waals surface area (Å²) in [7, 11) is 0. The van der Waals surface area contributed by atoms with Crippen LogP contribution in [0.1, 0.15) is 82.9 Å². The minimum atomic E-state index is 0.368. The molecule has 1 heterocycles. The molecule has 1 aromatic heterocycles. The van der Waals surface area contributed by atoms with Crippen molar-refractivity contribution in [2.24, 2.45) is 11.8 Å². The summed E-state index contributed by atoms with van der Waals surface area (Å²) >= 11 is 0. The lowest BCUT2D eigenvalue weighted by Gasteiger charge is -2.28. The summed E-state index contributed by atoms with van der Waals surface area (Å²) in [6.07, 6.45) is 11.8. The van der Waals surface area contributed by atoms with Crippen LogP contribution in [0.2, 0.25) is 0 Å². The Morgan fingerprint density at radius 3 is 2.70 bits per heavy atom. The van der Waals surface area contributed by atoms with E-state index in [0.29, 0.717) is 5.41 Å². The van der Waals surface area contributed by atoms with Gasteiger partial charge in [-0.2, -0.15) is 0 Å². The first-order valence-electron chi connectivity index (χ1n) is 8.71. The maximum absolute atomic E-state index is 5.07. The van der Waals surface area contributed by atoms with Crippen LogP contribution in [0.4, 0.5) is 0 Å². The van der Waals surface area contributed by atoms with Gasteiger partial charge in [0.15, 0.2) is 0 Å². The fourth-order valence-electron chi connectivity index (χ4n) is 4.52. The van der Waals surface area contributed by atoms with Crippen molar-refractivity contribution in [3.8, 4) is 0 Å². The summed E-state index contributed by atoms with van der Waals surface area (Å²) in [6, 6.07) is 0. The van der Waals surface area contributed by atoms with E-state index in [1.54, 1.807) is 0 Å². The van der Waals surface area contributed by atoms with Gasteiger partial charge in [-0.15, -0.1) is 0 Å². The van der Waals surface area contributed by atoms with Crippen LogP contribution < -0.4 is 0 Å². The fraction of sp³-hybridized carbons (Fsp3) is 0.833. The molecule has 20 heavy (non-hydrogen) atoms. The highest BCUT2D eigenvalue weighted by molar-refractivity contribution is 5.24. The van der Waals surface area contributed by atoms with Crippen molar-refractivity contribution in [3.05, 3.63) is 17.2 Å². The van der Waals surface area contributed by atoms with Crippen LogP contribution in [0.5, 0.6) is 0 Å². The van der Waals surface area contributed by atoms with Crippen LogP contribution >= 0.6 is 0 Å². The summed E-state index contributed by atoms with van der Waals surface area (Å²) in [5.74, 6) is 2.98. The molecule has 1 saturated carbocycles. The molecule has 0 amide bonds. The average molecular weight is 274 g/mol. The summed E-state index contributed by atoms with van der Waals surface area (Å²) in [4.78, 5) is 8.85. The summed E-state index contributed by atoms with van der Waals surface area (Å²) < 4.78 is 0. The van der Waals surface area contributed by atoms with Gasteiger partial charge in [-0.1, -0.05) is 40.0 Å². The van der Waals surface area contributed by atoms with Gasteiger partial charge in [0.05, 0.1) is 5.69 Å². The Kier molecular flexibility index (Phi) is 3.92. The summed E-state index contributed by atoms with van der Waals surface area (Å²) in [6.45, 7) is 7.04. The van der Waals surface area contributed by atoms with Crippen molar-refractivity contribution in [1.82, 2.24) is 9.97 Å². The van der Waals surface area contributed by atoms with E-state index in [0.717, 1.165) is 11.8 Å². The fourth-order valence-corrected chi connectivity index (χ4v) is 4.52. The van der Waals surface area contributed by atoms with Crippen LogP contribution in [0, 0.1) is 11.8 Å². The molecule has 2 aliphatic carbocycles. The number of hydrogen-bond donors (Lipinski definition) is 1. The third-order valence-electron chi connectivity index (χ3n) is 5.59. The van der Waals surface area contributed by atoms with Gasteiger partial charge in [0, 0.05) is 11.1 Å². The summed E-state index contributed by atoms with van der Waals surface area (Å²) in [5.41, 5.74) is 3.22. The predicted molar refractivity (Wildman–Crippen MR) is 84.0 cm³/mol. The first kappa shape index (κ1) is 14.2. The lowest BCUT2D eigenvalue weighted by atomic mass is 9.78. The van der Waals surface area contributed by atoms with Gasteiger partial charge in [-0.3, -0.25) is 0 Å². The first-order chi connectivity index (χ1) is 9.63. The molecule has 1 fully saturated rings. The smallest absolute Gasteiger partial charge is 0.112 e. The topological polar surface area (TPSA) is 28.7 Å². The first-order valence-corrected chi connectivity index (χ1v) is 8.71. The van der Waals surface area contributed by atoms with E-state index in [2.05, 4.69) is 25.8 Å². The second-order valence-electron chi connectivity index (χ2n) is 7.61. The minimum absolute atomic E-state index is 0.368. The normalized spacial score (nSPS) is 25.1. The van der Waals surface area contributed by atoms with E-state index in [1.807, 2.05) is 0 Å². The highest BCUT2D eigenvalue weighted by Crippen LogP contribution is 2.45. The van der Waals surface area contributed by atoms with Crippen molar-refractivity contribution >= 4 is 0 Å². The van der Waals surface area contributed by atoms with E-state index >= 15 is 0 Å². The van der Waals surface area contributed by atoms with Gasteiger partial charge in [0.2, 0.25) is 0 Å². The number of fused-ring (bicyclic) bond motifs is 1. The van der Waals surface area contributed by atoms with Crippen molar-refractivity contribution in [1.29, 1.82) is 0 Å². The Balaban J connectivity index is 1.88. The molecule has 0 saturated heterocycles. The largest absolute Gasteiger partial charge is 0.345 e. The molecule has 0 bridgehead atoms. The van der Waals surface area contributed by atoms with E-state index in [-0.39, 0.29) is 0 Å². The predicted octanol–water partition coefficient (Wildman–Crippen LogP) is 4.78. The molecule has 0 aliphatic heterocycles. The highest BCUT2D eigenvalue weighted by atomic mass is 15.0. The monoisotopic (exact) mass is 274 g/mol. The molecule has 2 nitrogen and oxygen atoms in total. The number of imidazole rings is 1. The molecule has 2 heteroatoms. The van der Waals surface area contributed by atoms with Gasteiger partial charge in [-0.05, 0) is 50.4 Å². The van der Waals surface area contributed by atoms with Gasteiger partial charge in [0.1, 0.15) is 5.82 Å². The number of aromatic nitrogens is 2. The van der Waals surface area contributed by atoms with E-state index in [9.17, 15) is 0 Å². The number of hydrogen-bond acceptors (Lipinski definition) is 1. The number of aromatic amines is 1. The third kappa shape index (κ3) is 2.54. The van der Waals surface area contributed by atoms with Crippen molar-refractivity contribution in [3.63, 3.8) is 0 Å². The molecule has 1 unspecified atom stereocenters. The number of H-pyrrole nitrogens is 1. The molecule has 0 aromatic carbocycles. The highest BCUT2D eigenvalue weighted by Gasteiger charge is 2.39. The Morgan fingerprint density at radius 2 is 2.05 bits per heavy atom. The molecule has 112 valence electrons. The number of rotatable bonds is 4. The molecule has 0 spiro atoms. The van der Waals surface area contributed by atoms with Crippen LogP contribution in [0.25, 0.3) is 0 Å². The molecule has 0 radical (unpaired) electrons. The Labute approximate surface area is 123 Å². The minimum Gasteiger partial charge on any atom is -0.345 e. The summed E-state index contributed by atoms with van der Waals surface area (Å²) in [5, 5.41) is 0. The number of nitrogens with zero attached hydrogens (tertiary/aromatic N) is 1. The standard InChI is InChI=1S/C18H30N2/c1-4-14-7-8-15-16(11-14)20-17(19-15)18(12-13(2)3)9-5-6-10-18/h13-14H,4-12H2,1-3H3,(H,19,20). The molecule has 3 rings (SSSR count). The van der Waals surface area contributed by atoms with E-state index in [4.69, 9.17) is 4.98 Å². The second kappa shape index (κ2) is 5.54. The quantitative estimate of drug-likeness (QED) is 0.840. The van der Waals surface area contributed by atoms with E-state index in [1.165, 1.54) is 75.0 Å². The molecule has 2 aliphatic rings. The van der Waals surface area contributed by atoms with Gasteiger partial charge in [-0.25, -0.2) is 4.98 Å². The zero-order valence-electron chi connectivity index (χ0n) is 13.5. The van der Waals surface area contributed by atoms with Gasteiger partial charge >= 0.3 is 0 Å². The molecule has 1 aromatic rings. The maximum Gasteiger partial charge on any atom is 0.112 e. The van der Waals surface area contributed by atoms with Crippen LogP contribution in [0.3, 0.4) is 0 Å². The van der Waals surface area contributed by atoms with Crippen LogP contribution in [-0.4, -0.2) is 9.97 Å². The van der Waals surface area contributed by atoms with Crippen molar-refractivity contribution < 1.29 is 0 Å². The zero-order chi connectivity index (χ0) is 14.2.